The Kier molecular flexibility index (Phi) is 3.98. The van der Waals surface area contributed by atoms with Crippen LogP contribution in [-0.4, -0.2) is 11.1 Å². The zero-order chi connectivity index (χ0) is 8.86. The minimum Gasteiger partial charge on any atom is -0.340 e. The minimum atomic E-state index is -1.20. The van der Waals surface area contributed by atoms with Crippen molar-refractivity contribution in [3.63, 3.8) is 0 Å². The van der Waals surface area contributed by atoms with E-state index < -0.39 is 5.97 Å². The number of rotatable bonds is 7. The van der Waals surface area contributed by atoms with Crippen LogP contribution in [0.2, 0.25) is 0 Å². The molecule has 1 aliphatic heterocycles. The molecule has 1 rings (SSSR count). The zero-order valence-electron chi connectivity index (χ0n) is 7.71. The average molecular weight is 174 g/mol. The van der Waals surface area contributed by atoms with E-state index in [1.807, 2.05) is 0 Å². The van der Waals surface area contributed by atoms with Gasteiger partial charge in [-0.1, -0.05) is 39.0 Å². The molecule has 0 saturated carbocycles. The van der Waals surface area contributed by atoms with Crippen LogP contribution in [0.15, 0.2) is 0 Å². The Bertz CT molecular complexity index is 121. The van der Waals surface area contributed by atoms with Crippen LogP contribution in [0.4, 0.5) is 0 Å². The van der Waals surface area contributed by atoms with Gasteiger partial charge >= 0.3 is 5.97 Å². The summed E-state index contributed by atoms with van der Waals surface area (Å²) in [5, 5.41) is 9.09. The Morgan fingerprint density at radius 2 is 1.58 bits per heavy atom. The van der Waals surface area contributed by atoms with E-state index in [4.69, 9.17) is 5.11 Å². The second-order valence-corrected chi connectivity index (χ2v) is 3.40. The van der Waals surface area contributed by atoms with Crippen molar-refractivity contribution in [1.82, 2.24) is 0 Å². The fraction of sp³-hybridized carbons (Fsp3) is 1.00. The molecule has 1 heterocycles. The van der Waals surface area contributed by atoms with Gasteiger partial charge in [0, 0.05) is 6.42 Å². The van der Waals surface area contributed by atoms with E-state index in [0.29, 0.717) is 6.42 Å². The van der Waals surface area contributed by atoms with Gasteiger partial charge in [0.25, 0.3) is 0 Å². The van der Waals surface area contributed by atoms with Crippen molar-refractivity contribution in [2.45, 2.75) is 57.8 Å². The standard InChI is InChI=1S/C9H18O3/c1-2-3-4-5-6-7-8-9(10)11-12-9/h10H,2-8H2,1H3. The Morgan fingerprint density at radius 1 is 1.00 bits per heavy atom. The number of aliphatic hydroxyl groups is 1. The molecule has 1 aliphatic rings. The Hall–Kier alpha value is -0.120. The normalized spacial score (nSPS) is 19.5. The molecule has 72 valence electrons. The third-order valence-corrected chi connectivity index (χ3v) is 2.12. The maximum atomic E-state index is 9.09. The molecule has 1 fully saturated rings. The SMILES string of the molecule is CCCCCCCCC1(O)OO1. The summed E-state index contributed by atoms with van der Waals surface area (Å²) in [5.41, 5.74) is 0. The van der Waals surface area contributed by atoms with Crippen molar-refractivity contribution in [3.8, 4) is 0 Å². The van der Waals surface area contributed by atoms with Crippen LogP contribution < -0.4 is 0 Å². The quantitative estimate of drug-likeness (QED) is 0.366. The number of hydrogen-bond acceptors (Lipinski definition) is 3. The van der Waals surface area contributed by atoms with Gasteiger partial charge in [-0.15, -0.1) is 0 Å². The van der Waals surface area contributed by atoms with Gasteiger partial charge in [-0.25, -0.2) is 0 Å². The van der Waals surface area contributed by atoms with Crippen LogP contribution in [0.1, 0.15) is 51.9 Å². The lowest BCUT2D eigenvalue weighted by molar-refractivity contribution is 0.0191. The molecule has 0 aromatic rings. The maximum absolute atomic E-state index is 9.09. The van der Waals surface area contributed by atoms with Crippen LogP contribution in [-0.2, 0) is 9.78 Å². The molecule has 0 aliphatic carbocycles. The predicted molar refractivity (Wildman–Crippen MR) is 45.1 cm³/mol. The summed E-state index contributed by atoms with van der Waals surface area (Å²) in [6.07, 6.45) is 7.91. The molecule has 3 heteroatoms. The average Bonchev–Trinajstić information content (AvgIpc) is 2.77. The molecule has 3 nitrogen and oxygen atoms in total. The molecule has 12 heavy (non-hydrogen) atoms. The molecule has 0 aromatic carbocycles. The largest absolute Gasteiger partial charge is 0.340 e. The lowest BCUT2D eigenvalue weighted by atomic mass is 10.1. The summed E-state index contributed by atoms with van der Waals surface area (Å²) in [6.45, 7) is 2.20. The van der Waals surface area contributed by atoms with E-state index in [1.165, 1.54) is 25.7 Å². The number of hydrogen-bond donors (Lipinski definition) is 1. The second-order valence-electron chi connectivity index (χ2n) is 3.40. The third kappa shape index (κ3) is 4.04. The van der Waals surface area contributed by atoms with Gasteiger partial charge in [-0.3, -0.25) is 0 Å². The highest BCUT2D eigenvalue weighted by Gasteiger charge is 2.46. The van der Waals surface area contributed by atoms with Gasteiger partial charge in [-0.05, 0) is 6.42 Å². The first-order valence-corrected chi connectivity index (χ1v) is 4.86. The molecule has 0 radical (unpaired) electrons. The highest BCUT2D eigenvalue weighted by molar-refractivity contribution is 4.58. The monoisotopic (exact) mass is 174 g/mol. The molecule has 0 bridgehead atoms. The van der Waals surface area contributed by atoms with E-state index in [0.717, 1.165) is 12.8 Å². The second kappa shape index (κ2) is 4.80. The van der Waals surface area contributed by atoms with Crippen molar-refractivity contribution in [3.05, 3.63) is 0 Å². The van der Waals surface area contributed by atoms with E-state index in [9.17, 15) is 0 Å². The molecule has 1 saturated heterocycles. The Morgan fingerprint density at radius 3 is 2.17 bits per heavy atom. The first-order valence-electron chi connectivity index (χ1n) is 4.86. The lowest BCUT2D eigenvalue weighted by Gasteiger charge is -1.99. The molecule has 0 amide bonds. The van der Waals surface area contributed by atoms with Gasteiger partial charge < -0.3 is 5.11 Å². The summed E-state index contributed by atoms with van der Waals surface area (Å²) >= 11 is 0. The van der Waals surface area contributed by atoms with Gasteiger partial charge in [0.05, 0.1) is 0 Å². The smallest absolute Gasteiger partial charge is 0.337 e. The van der Waals surface area contributed by atoms with Crippen molar-refractivity contribution in [2.24, 2.45) is 0 Å². The first kappa shape index (κ1) is 9.96. The van der Waals surface area contributed by atoms with E-state index in [-0.39, 0.29) is 0 Å². The maximum Gasteiger partial charge on any atom is 0.337 e. The minimum absolute atomic E-state index is 0.610. The molecular formula is C9H18O3. The Balaban J connectivity index is 1.77. The van der Waals surface area contributed by atoms with E-state index in [1.54, 1.807) is 0 Å². The molecule has 0 aromatic heterocycles. The predicted octanol–water partition coefficient (Wildman–Crippen LogP) is 2.34. The van der Waals surface area contributed by atoms with Crippen molar-refractivity contribution in [2.75, 3.05) is 0 Å². The highest BCUT2D eigenvalue weighted by Crippen LogP contribution is 2.31. The zero-order valence-corrected chi connectivity index (χ0v) is 7.71. The van der Waals surface area contributed by atoms with E-state index in [2.05, 4.69) is 16.7 Å². The molecular weight excluding hydrogens is 156 g/mol. The van der Waals surface area contributed by atoms with Gasteiger partial charge in [-0.2, -0.15) is 9.78 Å². The number of unbranched alkanes of at least 4 members (excludes halogenated alkanes) is 5. The first-order chi connectivity index (χ1) is 5.77. The fourth-order valence-corrected chi connectivity index (χ4v) is 1.26. The lowest BCUT2D eigenvalue weighted by Crippen LogP contribution is -2.07. The van der Waals surface area contributed by atoms with Crippen LogP contribution in [0.5, 0.6) is 0 Å². The molecule has 0 unspecified atom stereocenters. The molecule has 1 N–H and O–H groups in total. The van der Waals surface area contributed by atoms with Crippen LogP contribution in [0, 0.1) is 0 Å². The van der Waals surface area contributed by atoms with Gasteiger partial charge in [0.2, 0.25) is 0 Å². The summed E-state index contributed by atoms with van der Waals surface area (Å²) in [7, 11) is 0. The van der Waals surface area contributed by atoms with Crippen molar-refractivity contribution in [1.29, 1.82) is 0 Å². The summed E-state index contributed by atoms with van der Waals surface area (Å²) < 4.78 is 0. The van der Waals surface area contributed by atoms with Gasteiger partial charge in [0.15, 0.2) is 0 Å². The summed E-state index contributed by atoms with van der Waals surface area (Å²) in [6, 6.07) is 0. The van der Waals surface area contributed by atoms with Crippen LogP contribution >= 0.6 is 0 Å². The van der Waals surface area contributed by atoms with Crippen molar-refractivity contribution >= 4 is 0 Å². The topological polar surface area (TPSA) is 45.3 Å². The van der Waals surface area contributed by atoms with E-state index >= 15 is 0 Å². The Labute approximate surface area is 73.6 Å². The molecule has 0 atom stereocenters. The van der Waals surface area contributed by atoms with Gasteiger partial charge in [0.1, 0.15) is 0 Å². The summed E-state index contributed by atoms with van der Waals surface area (Å²) in [4.78, 5) is 8.76. The van der Waals surface area contributed by atoms with Crippen LogP contribution in [0.25, 0.3) is 0 Å². The van der Waals surface area contributed by atoms with Crippen LogP contribution in [0.3, 0.4) is 0 Å². The summed E-state index contributed by atoms with van der Waals surface area (Å²) in [5.74, 6) is -1.20. The molecule has 0 spiro atoms. The van der Waals surface area contributed by atoms with Crippen molar-refractivity contribution < 1.29 is 14.9 Å². The third-order valence-electron chi connectivity index (χ3n) is 2.12. The fourth-order valence-electron chi connectivity index (χ4n) is 1.26. The highest BCUT2D eigenvalue weighted by atomic mass is 17.4.